The largest absolute Gasteiger partial charge is 0.329 e. The first-order valence-corrected chi connectivity index (χ1v) is 7.72. The number of hydrogen-bond donors (Lipinski definition) is 0. The van der Waals surface area contributed by atoms with Crippen molar-refractivity contribution < 1.29 is 4.79 Å². The van der Waals surface area contributed by atoms with Crippen molar-refractivity contribution in [3.63, 3.8) is 0 Å². The van der Waals surface area contributed by atoms with Gasteiger partial charge in [0.2, 0.25) is 0 Å². The Morgan fingerprint density at radius 1 is 1.00 bits per heavy atom. The van der Waals surface area contributed by atoms with Crippen LogP contribution in [0.15, 0.2) is 48.5 Å². The predicted molar refractivity (Wildman–Crippen MR) is 92.0 cm³/mol. The van der Waals surface area contributed by atoms with E-state index in [1.807, 2.05) is 49.1 Å². The van der Waals surface area contributed by atoms with E-state index < -0.39 is 0 Å². The van der Waals surface area contributed by atoms with Gasteiger partial charge < -0.3 is 4.90 Å². The Morgan fingerprint density at radius 3 is 2.18 bits per heavy atom. The molecule has 0 atom stereocenters. The minimum absolute atomic E-state index is 0.0915. The zero-order valence-corrected chi connectivity index (χ0v) is 14.2. The summed E-state index contributed by atoms with van der Waals surface area (Å²) in [4.78, 5) is 15.0. The lowest BCUT2D eigenvalue weighted by Gasteiger charge is -2.36. The lowest BCUT2D eigenvalue weighted by molar-refractivity contribution is 0.0558. The van der Waals surface area contributed by atoms with Crippen molar-refractivity contribution in [1.29, 1.82) is 0 Å². The molecule has 0 heterocycles. The second-order valence-corrected chi connectivity index (χ2v) is 6.87. The average Bonchev–Trinajstić information content (AvgIpc) is 2.44. The molecule has 2 rings (SSSR count). The van der Waals surface area contributed by atoms with Crippen LogP contribution in [0.4, 0.5) is 0 Å². The van der Waals surface area contributed by atoms with E-state index in [9.17, 15) is 4.79 Å². The Balaban J connectivity index is 2.35. The van der Waals surface area contributed by atoms with Gasteiger partial charge in [-0.05, 0) is 51.8 Å². The lowest BCUT2D eigenvalue weighted by Crippen LogP contribution is -2.45. The van der Waals surface area contributed by atoms with Crippen molar-refractivity contribution >= 4 is 5.91 Å². The van der Waals surface area contributed by atoms with E-state index in [-0.39, 0.29) is 11.4 Å². The van der Waals surface area contributed by atoms with Crippen molar-refractivity contribution in [3.05, 3.63) is 70.8 Å². The van der Waals surface area contributed by atoms with Crippen LogP contribution in [0.1, 0.15) is 47.8 Å². The molecule has 0 aliphatic heterocycles. The molecule has 22 heavy (non-hydrogen) atoms. The maximum atomic E-state index is 13.1. The van der Waals surface area contributed by atoms with Crippen LogP contribution >= 0.6 is 0 Å². The van der Waals surface area contributed by atoms with Crippen LogP contribution in [-0.4, -0.2) is 16.3 Å². The number of rotatable bonds is 3. The maximum Gasteiger partial charge on any atom is 0.254 e. The molecule has 2 aromatic rings. The Kier molecular flexibility index (Phi) is 4.70. The number of hydrogen-bond acceptors (Lipinski definition) is 1. The summed E-state index contributed by atoms with van der Waals surface area (Å²) < 4.78 is 0. The van der Waals surface area contributed by atoms with Gasteiger partial charge in [-0.15, -0.1) is 0 Å². The second-order valence-electron chi connectivity index (χ2n) is 6.87. The Hall–Kier alpha value is -2.09. The normalized spacial score (nSPS) is 11.3. The van der Waals surface area contributed by atoms with Crippen LogP contribution in [0.25, 0.3) is 0 Å². The van der Waals surface area contributed by atoms with Crippen LogP contribution in [-0.2, 0) is 6.54 Å². The van der Waals surface area contributed by atoms with Crippen molar-refractivity contribution in [1.82, 2.24) is 4.90 Å². The van der Waals surface area contributed by atoms with Gasteiger partial charge in [0, 0.05) is 17.6 Å². The summed E-state index contributed by atoms with van der Waals surface area (Å²) in [6.07, 6.45) is 0. The first-order valence-electron chi connectivity index (χ1n) is 7.72. The third-order valence-corrected chi connectivity index (χ3v) is 3.85. The van der Waals surface area contributed by atoms with Gasteiger partial charge in [-0.3, -0.25) is 4.79 Å². The molecule has 0 N–H and O–H groups in total. The molecule has 116 valence electrons. The summed E-state index contributed by atoms with van der Waals surface area (Å²) in [5.41, 5.74) is 3.92. The number of carbonyl (C=O) groups excluding carboxylic acids is 1. The van der Waals surface area contributed by atoms with Gasteiger partial charge in [0.05, 0.1) is 0 Å². The zero-order chi connectivity index (χ0) is 16.3. The van der Waals surface area contributed by atoms with Gasteiger partial charge in [0.1, 0.15) is 0 Å². The highest BCUT2D eigenvalue weighted by atomic mass is 16.2. The van der Waals surface area contributed by atoms with E-state index in [2.05, 4.69) is 39.0 Å². The van der Waals surface area contributed by atoms with E-state index in [4.69, 9.17) is 0 Å². The summed E-state index contributed by atoms with van der Waals surface area (Å²) >= 11 is 0. The van der Waals surface area contributed by atoms with Gasteiger partial charge in [-0.25, -0.2) is 0 Å². The number of benzene rings is 2. The van der Waals surface area contributed by atoms with Crippen molar-refractivity contribution in [2.24, 2.45) is 0 Å². The molecule has 0 fully saturated rings. The molecule has 2 heteroatoms. The number of aryl methyl sites for hydroxylation is 2. The fraction of sp³-hybridized carbons (Fsp3) is 0.350. The second kappa shape index (κ2) is 6.35. The Bertz CT molecular complexity index is 653. The van der Waals surface area contributed by atoms with E-state index in [1.165, 1.54) is 5.56 Å². The van der Waals surface area contributed by atoms with Gasteiger partial charge >= 0.3 is 0 Å². The zero-order valence-electron chi connectivity index (χ0n) is 14.2. The molecular weight excluding hydrogens is 270 g/mol. The highest BCUT2D eigenvalue weighted by Crippen LogP contribution is 2.22. The average molecular weight is 295 g/mol. The smallest absolute Gasteiger partial charge is 0.254 e. The monoisotopic (exact) mass is 295 g/mol. The van der Waals surface area contributed by atoms with E-state index in [0.717, 1.165) is 16.7 Å². The summed E-state index contributed by atoms with van der Waals surface area (Å²) in [7, 11) is 0. The molecule has 0 saturated carbocycles. The predicted octanol–water partition coefficient (Wildman–Crippen LogP) is 4.74. The van der Waals surface area contributed by atoms with Crippen molar-refractivity contribution in [2.75, 3.05) is 0 Å². The van der Waals surface area contributed by atoms with Crippen LogP contribution in [0.5, 0.6) is 0 Å². The quantitative estimate of drug-likeness (QED) is 0.800. The molecule has 0 unspecified atom stereocenters. The molecule has 0 aromatic heterocycles. The maximum absolute atomic E-state index is 13.1. The standard InChI is InChI=1S/C20H25NO/c1-15-11-12-18(16(2)13-15)19(22)21(20(3,4)5)14-17-9-7-6-8-10-17/h6-13H,14H2,1-5H3. The third-order valence-electron chi connectivity index (χ3n) is 3.85. The van der Waals surface area contributed by atoms with E-state index in [0.29, 0.717) is 6.54 Å². The van der Waals surface area contributed by atoms with Crippen LogP contribution < -0.4 is 0 Å². The molecule has 0 aliphatic carbocycles. The first kappa shape index (κ1) is 16.3. The molecule has 2 aromatic carbocycles. The lowest BCUT2D eigenvalue weighted by atomic mass is 9.99. The number of carbonyl (C=O) groups is 1. The van der Waals surface area contributed by atoms with Crippen molar-refractivity contribution in [3.8, 4) is 0 Å². The highest BCUT2D eigenvalue weighted by molar-refractivity contribution is 5.96. The molecule has 0 aliphatic rings. The minimum Gasteiger partial charge on any atom is -0.329 e. The van der Waals surface area contributed by atoms with E-state index >= 15 is 0 Å². The van der Waals surface area contributed by atoms with Gasteiger partial charge in [0.15, 0.2) is 0 Å². The molecule has 1 amide bonds. The summed E-state index contributed by atoms with van der Waals surface area (Å²) in [6, 6.07) is 16.2. The van der Waals surface area contributed by atoms with Gasteiger partial charge in [0.25, 0.3) is 5.91 Å². The summed E-state index contributed by atoms with van der Waals surface area (Å²) in [5, 5.41) is 0. The Morgan fingerprint density at radius 2 is 1.64 bits per heavy atom. The van der Waals surface area contributed by atoms with Crippen LogP contribution in [0, 0.1) is 13.8 Å². The van der Waals surface area contributed by atoms with Crippen LogP contribution in [0.2, 0.25) is 0 Å². The fourth-order valence-electron chi connectivity index (χ4n) is 2.58. The number of amides is 1. The van der Waals surface area contributed by atoms with Gasteiger partial charge in [-0.2, -0.15) is 0 Å². The number of nitrogens with zero attached hydrogens (tertiary/aromatic N) is 1. The topological polar surface area (TPSA) is 20.3 Å². The van der Waals surface area contributed by atoms with Gasteiger partial charge in [-0.1, -0.05) is 48.0 Å². The molecule has 2 nitrogen and oxygen atoms in total. The first-order chi connectivity index (χ1) is 10.3. The summed E-state index contributed by atoms with van der Waals surface area (Å²) in [5.74, 6) is 0.0915. The SMILES string of the molecule is Cc1ccc(C(=O)N(Cc2ccccc2)C(C)(C)C)c(C)c1. The molecule has 0 radical (unpaired) electrons. The molecule has 0 bridgehead atoms. The fourth-order valence-corrected chi connectivity index (χ4v) is 2.58. The minimum atomic E-state index is -0.232. The van der Waals surface area contributed by atoms with Crippen molar-refractivity contribution in [2.45, 2.75) is 46.7 Å². The third kappa shape index (κ3) is 3.76. The highest BCUT2D eigenvalue weighted by Gasteiger charge is 2.28. The Labute approximate surface area is 133 Å². The van der Waals surface area contributed by atoms with E-state index in [1.54, 1.807) is 0 Å². The molecular formula is C20H25NO. The molecule has 0 saturated heterocycles. The summed E-state index contributed by atoms with van der Waals surface area (Å²) in [6.45, 7) is 10.9. The molecule has 0 spiro atoms. The van der Waals surface area contributed by atoms with Crippen LogP contribution in [0.3, 0.4) is 0 Å².